The Hall–Kier alpha value is -2.23. The monoisotopic (exact) mass is 244 g/mol. The van der Waals surface area contributed by atoms with E-state index in [4.69, 9.17) is 13.6 Å². The van der Waals surface area contributed by atoms with Crippen LogP contribution in [0.5, 0.6) is 0 Å². The molecule has 1 aromatic carbocycles. The van der Waals surface area contributed by atoms with Crippen LogP contribution < -0.4 is 0 Å². The number of carbonyl (C=O) groups excluding carboxylic acids is 1. The van der Waals surface area contributed by atoms with E-state index in [9.17, 15) is 4.79 Å². The summed E-state index contributed by atoms with van der Waals surface area (Å²) in [6.45, 7) is 2.18. The van der Waals surface area contributed by atoms with Gasteiger partial charge in [-0.25, -0.2) is 0 Å². The molecular weight excluding hydrogens is 232 g/mol. The molecule has 0 unspecified atom stereocenters. The lowest BCUT2D eigenvalue weighted by molar-refractivity contribution is -0.142. The van der Waals surface area contributed by atoms with Crippen molar-refractivity contribution in [1.82, 2.24) is 0 Å². The number of esters is 1. The average molecular weight is 244 g/mol. The Balaban J connectivity index is 2.04. The van der Waals surface area contributed by atoms with Crippen molar-refractivity contribution < 1.29 is 18.4 Å². The Labute approximate surface area is 103 Å². The molecule has 4 nitrogen and oxygen atoms in total. The highest BCUT2D eigenvalue weighted by molar-refractivity contribution is 5.96. The van der Waals surface area contributed by atoms with Crippen LogP contribution in [0.2, 0.25) is 0 Å². The minimum Gasteiger partial charge on any atom is -0.466 e. The summed E-state index contributed by atoms with van der Waals surface area (Å²) in [5.74, 6) is -0.243. The number of carbonyl (C=O) groups is 1. The Kier molecular flexibility index (Phi) is 2.55. The van der Waals surface area contributed by atoms with E-state index in [0.29, 0.717) is 6.61 Å². The predicted molar refractivity (Wildman–Crippen MR) is 66.3 cm³/mol. The van der Waals surface area contributed by atoms with Crippen molar-refractivity contribution in [2.45, 2.75) is 13.3 Å². The minimum atomic E-state index is -0.243. The minimum absolute atomic E-state index is 0.226. The zero-order valence-corrected chi connectivity index (χ0v) is 9.93. The third-order valence-corrected chi connectivity index (χ3v) is 2.87. The van der Waals surface area contributed by atoms with Gasteiger partial charge in [-0.3, -0.25) is 4.79 Å². The highest BCUT2D eigenvalue weighted by Gasteiger charge is 2.12. The fraction of sp³-hybridized carbons (Fsp3) is 0.214. The first kappa shape index (κ1) is 10.9. The lowest BCUT2D eigenvalue weighted by Gasteiger charge is -1.99. The first-order valence-electron chi connectivity index (χ1n) is 5.81. The van der Waals surface area contributed by atoms with Crippen LogP contribution in [0.15, 0.2) is 39.6 Å². The largest absolute Gasteiger partial charge is 0.466 e. The van der Waals surface area contributed by atoms with E-state index in [0.717, 1.165) is 27.5 Å². The first-order chi connectivity index (χ1) is 8.78. The third-order valence-electron chi connectivity index (χ3n) is 2.87. The van der Waals surface area contributed by atoms with Gasteiger partial charge in [0.1, 0.15) is 11.2 Å². The van der Waals surface area contributed by atoms with E-state index >= 15 is 0 Å². The van der Waals surface area contributed by atoms with Crippen LogP contribution in [-0.4, -0.2) is 12.6 Å². The van der Waals surface area contributed by atoms with Gasteiger partial charge in [0.2, 0.25) is 0 Å². The molecule has 0 saturated carbocycles. The lowest BCUT2D eigenvalue weighted by Crippen LogP contribution is -2.06. The molecule has 0 amide bonds. The van der Waals surface area contributed by atoms with E-state index in [2.05, 4.69) is 0 Å². The average Bonchev–Trinajstić information content (AvgIpc) is 2.94. The fourth-order valence-electron chi connectivity index (χ4n) is 2.04. The Morgan fingerprint density at radius 1 is 1.28 bits per heavy atom. The van der Waals surface area contributed by atoms with Gasteiger partial charge in [-0.2, -0.15) is 0 Å². The number of ether oxygens (including phenoxy) is 1. The van der Waals surface area contributed by atoms with Crippen molar-refractivity contribution in [2.24, 2.45) is 0 Å². The molecular formula is C14H12O4. The molecule has 0 aliphatic carbocycles. The van der Waals surface area contributed by atoms with Crippen molar-refractivity contribution in [1.29, 1.82) is 0 Å². The zero-order chi connectivity index (χ0) is 12.5. The van der Waals surface area contributed by atoms with Gasteiger partial charge in [0.25, 0.3) is 0 Å². The van der Waals surface area contributed by atoms with Crippen LogP contribution in [-0.2, 0) is 16.0 Å². The van der Waals surface area contributed by atoms with Crippen LogP contribution in [0.1, 0.15) is 12.5 Å². The topological polar surface area (TPSA) is 52.6 Å². The number of rotatable bonds is 3. The molecule has 0 bridgehead atoms. The van der Waals surface area contributed by atoms with Gasteiger partial charge in [0.05, 0.1) is 25.6 Å². The second-order valence-corrected chi connectivity index (χ2v) is 4.05. The molecule has 0 saturated heterocycles. The quantitative estimate of drug-likeness (QED) is 0.663. The van der Waals surface area contributed by atoms with E-state index in [-0.39, 0.29) is 12.4 Å². The van der Waals surface area contributed by atoms with Crippen molar-refractivity contribution in [3.63, 3.8) is 0 Å². The third kappa shape index (κ3) is 1.76. The standard InChI is InChI=1S/C14H12O4/c1-2-16-14(15)6-10-8-18-13-7-12-9(3-4-17-12)5-11(10)13/h3-5,7-8H,2,6H2,1H3. The van der Waals surface area contributed by atoms with Gasteiger partial charge < -0.3 is 13.6 Å². The number of furan rings is 2. The molecule has 0 N–H and O–H groups in total. The van der Waals surface area contributed by atoms with Crippen molar-refractivity contribution in [3.05, 3.63) is 36.3 Å². The molecule has 0 atom stereocenters. The van der Waals surface area contributed by atoms with Crippen molar-refractivity contribution in [2.75, 3.05) is 6.61 Å². The molecule has 18 heavy (non-hydrogen) atoms. The van der Waals surface area contributed by atoms with Crippen molar-refractivity contribution in [3.8, 4) is 0 Å². The number of hydrogen-bond donors (Lipinski definition) is 0. The van der Waals surface area contributed by atoms with E-state index in [1.165, 1.54) is 0 Å². The molecule has 3 rings (SSSR count). The van der Waals surface area contributed by atoms with Gasteiger partial charge in [0.15, 0.2) is 0 Å². The maximum absolute atomic E-state index is 11.5. The maximum Gasteiger partial charge on any atom is 0.310 e. The van der Waals surface area contributed by atoms with E-state index < -0.39 is 0 Å². The zero-order valence-electron chi connectivity index (χ0n) is 9.93. The summed E-state index contributed by atoms with van der Waals surface area (Å²) in [6, 6.07) is 5.68. The summed E-state index contributed by atoms with van der Waals surface area (Å²) < 4.78 is 15.7. The summed E-state index contributed by atoms with van der Waals surface area (Å²) in [5, 5.41) is 1.92. The van der Waals surface area contributed by atoms with Gasteiger partial charge >= 0.3 is 5.97 Å². The normalized spacial score (nSPS) is 11.2. The molecule has 0 spiro atoms. The Morgan fingerprint density at radius 2 is 2.17 bits per heavy atom. The lowest BCUT2D eigenvalue weighted by atomic mass is 10.1. The maximum atomic E-state index is 11.5. The van der Waals surface area contributed by atoms with Crippen LogP contribution in [0.3, 0.4) is 0 Å². The molecule has 0 radical (unpaired) electrons. The second-order valence-electron chi connectivity index (χ2n) is 4.05. The van der Waals surface area contributed by atoms with E-state index in [1.807, 2.05) is 18.2 Å². The molecule has 2 heterocycles. The van der Waals surface area contributed by atoms with Gasteiger partial charge in [-0.15, -0.1) is 0 Å². The highest BCUT2D eigenvalue weighted by atomic mass is 16.5. The highest BCUT2D eigenvalue weighted by Crippen LogP contribution is 2.28. The Morgan fingerprint density at radius 3 is 3.00 bits per heavy atom. The van der Waals surface area contributed by atoms with Crippen LogP contribution in [0.4, 0.5) is 0 Å². The molecule has 0 aliphatic heterocycles. The summed E-state index contributed by atoms with van der Waals surface area (Å²) in [4.78, 5) is 11.5. The van der Waals surface area contributed by atoms with Crippen LogP contribution in [0, 0.1) is 0 Å². The molecule has 92 valence electrons. The fourth-order valence-corrected chi connectivity index (χ4v) is 2.04. The summed E-state index contributed by atoms with van der Waals surface area (Å²) in [5.41, 5.74) is 2.34. The molecule has 0 aliphatic rings. The molecule has 2 aromatic heterocycles. The number of benzene rings is 1. The SMILES string of the molecule is CCOC(=O)Cc1coc2cc3occc3cc12. The summed E-state index contributed by atoms with van der Waals surface area (Å²) >= 11 is 0. The second kappa shape index (κ2) is 4.22. The van der Waals surface area contributed by atoms with Gasteiger partial charge in [0, 0.05) is 22.4 Å². The van der Waals surface area contributed by atoms with Crippen LogP contribution in [0.25, 0.3) is 21.9 Å². The molecule has 0 fully saturated rings. The number of fused-ring (bicyclic) bond motifs is 2. The number of hydrogen-bond acceptors (Lipinski definition) is 4. The molecule has 4 heteroatoms. The molecule has 3 aromatic rings. The van der Waals surface area contributed by atoms with Gasteiger partial charge in [-0.05, 0) is 19.1 Å². The summed E-state index contributed by atoms with van der Waals surface area (Å²) in [7, 11) is 0. The van der Waals surface area contributed by atoms with Crippen molar-refractivity contribution >= 4 is 27.9 Å². The van der Waals surface area contributed by atoms with Crippen LogP contribution >= 0.6 is 0 Å². The Bertz CT molecular complexity index is 705. The van der Waals surface area contributed by atoms with Gasteiger partial charge in [-0.1, -0.05) is 0 Å². The smallest absolute Gasteiger partial charge is 0.310 e. The summed E-state index contributed by atoms with van der Waals surface area (Å²) in [6.07, 6.45) is 3.46. The first-order valence-corrected chi connectivity index (χ1v) is 5.81. The predicted octanol–water partition coefficient (Wildman–Crippen LogP) is 3.28. The van der Waals surface area contributed by atoms with E-state index in [1.54, 1.807) is 19.5 Å².